The van der Waals surface area contributed by atoms with E-state index in [-0.39, 0.29) is 35.5 Å². The summed E-state index contributed by atoms with van der Waals surface area (Å²) in [6, 6.07) is 14.0. The lowest BCUT2D eigenvalue weighted by Crippen LogP contribution is -2.38. The molecule has 0 aliphatic heterocycles. The number of aromatic hydroxyl groups is 1. The number of hydrogen-bond donors (Lipinski definition) is 3. The molecule has 4 nitrogen and oxygen atoms in total. The van der Waals surface area contributed by atoms with Crippen molar-refractivity contribution in [2.45, 2.75) is 19.8 Å². The number of guanidine groups is 1. The minimum Gasteiger partial charge on any atom is -0.508 e. The first-order chi connectivity index (χ1) is 11.7. The van der Waals surface area contributed by atoms with Gasteiger partial charge in [-0.3, -0.25) is 4.99 Å². The highest BCUT2D eigenvalue weighted by atomic mass is 127. The fourth-order valence-electron chi connectivity index (χ4n) is 2.37. The van der Waals surface area contributed by atoms with E-state index < -0.39 is 0 Å². The molecule has 3 N–H and O–H groups in total. The minimum absolute atomic E-state index is 0. The van der Waals surface area contributed by atoms with Gasteiger partial charge in [-0.1, -0.05) is 30.3 Å². The van der Waals surface area contributed by atoms with Gasteiger partial charge in [0.15, 0.2) is 5.96 Å². The predicted octanol–water partition coefficient (Wildman–Crippen LogP) is 3.49. The van der Waals surface area contributed by atoms with Gasteiger partial charge >= 0.3 is 0 Å². The molecule has 2 aromatic rings. The van der Waals surface area contributed by atoms with Gasteiger partial charge in [-0.05, 0) is 49.1 Å². The molecule has 2 rings (SSSR count). The number of halogens is 2. The van der Waals surface area contributed by atoms with E-state index in [0.717, 1.165) is 18.5 Å². The second kappa shape index (κ2) is 11.7. The van der Waals surface area contributed by atoms with Gasteiger partial charge in [0.1, 0.15) is 11.6 Å². The van der Waals surface area contributed by atoms with Crippen LogP contribution in [0.4, 0.5) is 4.39 Å². The summed E-state index contributed by atoms with van der Waals surface area (Å²) in [7, 11) is 0. The molecule has 0 aliphatic carbocycles. The second-order valence-corrected chi connectivity index (χ2v) is 5.45. The number of hydrogen-bond acceptors (Lipinski definition) is 2. The molecule has 0 aliphatic rings. The SMILES string of the molecule is CCNC(=NCCc1ccccc1F)NCCc1cccc(O)c1.I. The van der Waals surface area contributed by atoms with Gasteiger partial charge in [-0.2, -0.15) is 0 Å². The summed E-state index contributed by atoms with van der Waals surface area (Å²) in [6.07, 6.45) is 1.35. The summed E-state index contributed by atoms with van der Waals surface area (Å²) >= 11 is 0. The lowest BCUT2D eigenvalue weighted by molar-refractivity contribution is 0.474. The van der Waals surface area contributed by atoms with Crippen LogP contribution < -0.4 is 10.6 Å². The smallest absolute Gasteiger partial charge is 0.191 e. The van der Waals surface area contributed by atoms with Crippen LogP contribution in [0.5, 0.6) is 5.75 Å². The quantitative estimate of drug-likeness (QED) is 0.339. The maximum absolute atomic E-state index is 13.6. The molecule has 0 bridgehead atoms. The molecule has 0 saturated heterocycles. The van der Waals surface area contributed by atoms with Crippen molar-refractivity contribution in [1.29, 1.82) is 0 Å². The van der Waals surface area contributed by atoms with Gasteiger partial charge in [0.05, 0.1) is 0 Å². The normalized spacial score (nSPS) is 10.9. The summed E-state index contributed by atoms with van der Waals surface area (Å²) in [5, 5.41) is 15.9. The van der Waals surface area contributed by atoms with E-state index in [1.165, 1.54) is 6.07 Å². The van der Waals surface area contributed by atoms with E-state index in [0.29, 0.717) is 31.0 Å². The molecule has 0 saturated carbocycles. The Morgan fingerprint density at radius 1 is 1.08 bits per heavy atom. The average Bonchev–Trinajstić information content (AvgIpc) is 2.57. The predicted molar refractivity (Wildman–Crippen MR) is 111 cm³/mol. The summed E-state index contributed by atoms with van der Waals surface area (Å²) in [5.74, 6) is 0.807. The van der Waals surface area contributed by atoms with Crippen LogP contribution in [0.3, 0.4) is 0 Å². The molecule has 0 radical (unpaired) electrons. The number of benzene rings is 2. The first kappa shape index (κ1) is 21.2. The van der Waals surface area contributed by atoms with Gasteiger partial charge in [0, 0.05) is 19.6 Å². The van der Waals surface area contributed by atoms with Crippen molar-refractivity contribution >= 4 is 29.9 Å². The molecule has 0 heterocycles. The number of phenolic OH excluding ortho intramolecular Hbond substituents is 1. The number of phenols is 1. The Labute approximate surface area is 165 Å². The lowest BCUT2D eigenvalue weighted by atomic mass is 10.1. The second-order valence-electron chi connectivity index (χ2n) is 5.45. The number of nitrogens with zero attached hydrogens (tertiary/aromatic N) is 1. The first-order valence-corrected chi connectivity index (χ1v) is 8.22. The molecule has 0 unspecified atom stereocenters. The Balaban J connectivity index is 0.00000312. The van der Waals surface area contributed by atoms with Crippen LogP contribution in [0.15, 0.2) is 53.5 Å². The maximum atomic E-state index is 13.6. The Hall–Kier alpha value is -1.83. The third-order valence-corrected chi connectivity index (χ3v) is 3.57. The van der Waals surface area contributed by atoms with Crippen LogP contribution in [0.1, 0.15) is 18.1 Å². The zero-order valence-corrected chi connectivity index (χ0v) is 16.7. The largest absolute Gasteiger partial charge is 0.508 e. The van der Waals surface area contributed by atoms with Gasteiger partial charge in [0.2, 0.25) is 0 Å². The van der Waals surface area contributed by atoms with Crippen molar-refractivity contribution in [3.8, 4) is 5.75 Å². The third-order valence-electron chi connectivity index (χ3n) is 3.57. The van der Waals surface area contributed by atoms with Crippen LogP contribution in [-0.2, 0) is 12.8 Å². The Kier molecular flexibility index (Phi) is 9.91. The topological polar surface area (TPSA) is 56.7 Å². The number of aliphatic imine (C=N–C) groups is 1. The van der Waals surface area contributed by atoms with Crippen molar-refractivity contribution < 1.29 is 9.50 Å². The fraction of sp³-hybridized carbons (Fsp3) is 0.316. The molecule has 136 valence electrons. The van der Waals surface area contributed by atoms with Crippen LogP contribution in [0, 0.1) is 5.82 Å². The lowest BCUT2D eigenvalue weighted by Gasteiger charge is -2.11. The van der Waals surface area contributed by atoms with Gasteiger partial charge in [-0.25, -0.2) is 4.39 Å². The maximum Gasteiger partial charge on any atom is 0.191 e. The molecule has 0 spiro atoms. The van der Waals surface area contributed by atoms with E-state index >= 15 is 0 Å². The van der Waals surface area contributed by atoms with E-state index in [1.807, 2.05) is 25.1 Å². The van der Waals surface area contributed by atoms with E-state index in [2.05, 4.69) is 15.6 Å². The molecule has 0 amide bonds. The van der Waals surface area contributed by atoms with Crippen molar-refractivity contribution in [2.24, 2.45) is 4.99 Å². The molecule has 25 heavy (non-hydrogen) atoms. The number of rotatable bonds is 7. The van der Waals surface area contributed by atoms with Crippen molar-refractivity contribution in [1.82, 2.24) is 10.6 Å². The Bertz CT molecular complexity index is 679. The standard InChI is InChI=1S/C19H24FN3O.HI/c1-2-21-19(22-12-10-15-6-5-8-17(24)14-15)23-13-11-16-7-3-4-9-18(16)20;/h3-9,14,24H,2,10-13H2,1H3,(H2,21,22,23);1H. The summed E-state index contributed by atoms with van der Waals surface area (Å²) in [6.45, 7) is 3.98. The van der Waals surface area contributed by atoms with Gasteiger partial charge < -0.3 is 15.7 Å². The number of nitrogens with one attached hydrogen (secondary N) is 2. The molecule has 0 aromatic heterocycles. The van der Waals surface area contributed by atoms with E-state index in [4.69, 9.17) is 0 Å². The van der Waals surface area contributed by atoms with Crippen LogP contribution >= 0.6 is 24.0 Å². The summed E-state index contributed by atoms with van der Waals surface area (Å²) in [4.78, 5) is 4.48. The van der Waals surface area contributed by atoms with Crippen LogP contribution in [-0.4, -0.2) is 30.7 Å². The Morgan fingerprint density at radius 3 is 2.60 bits per heavy atom. The van der Waals surface area contributed by atoms with Crippen molar-refractivity contribution in [3.05, 3.63) is 65.5 Å². The highest BCUT2D eigenvalue weighted by molar-refractivity contribution is 14.0. The van der Waals surface area contributed by atoms with Crippen molar-refractivity contribution in [3.63, 3.8) is 0 Å². The van der Waals surface area contributed by atoms with Crippen LogP contribution in [0.2, 0.25) is 0 Å². The van der Waals surface area contributed by atoms with Crippen molar-refractivity contribution in [2.75, 3.05) is 19.6 Å². The summed E-state index contributed by atoms with van der Waals surface area (Å²) in [5.41, 5.74) is 1.74. The van der Waals surface area contributed by atoms with Gasteiger partial charge in [-0.15, -0.1) is 24.0 Å². The zero-order chi connectivity index (χ0) is 17.2. The summed E-state index contributed by atoms with van der Waals surface area (Å²) < 4.78 is 13.6. The molecule has 6 heteroatoms. The Morgan fingerprint density at radius 2 is 1.88 bits per heavy atom. The zero-order valence-electron chi connectivity index (χ0n) is 14.3. The van der Waals surface area contributed by atoms with E-state index in [1.54, 1.807) is 24.3 Å². The average molecular weight is 457 g/mol. The molecular formula is C19H25FIN3O. The minimum atomic E-state index is -0.186. The highest BCUT2D eigenvalue weighted by Gasteiger charge is 2.01. The third kappa shape index (κ3) is 7.72. The van der Waals surface area contributed by atoms with Gasteiger partial charge in [0.25, 0.3) is 0 Å². The molecule has 0 fully saturated rings. The molecule has 0 atom stereocenters. The van der Waals surface area contributed by atoms with E-state index in [9.17, 15) is 9.50 Å². The monoisotopic (exact) mass is 457 g/mol. The molecular weight excluding hydrogens is 432 g/mol. The fourth-order valence-corrected chi connectivity index (χ4v) is 2.37. The first-order valence-electron chi connectivity index (χ1n) is 8.22. The highest BCUT2D eigenvalue weighted by Crippen LogP contribution is 2.10. The van der Waals surface area contributed by atoms with Crippen LogP contribution in [0.25, 0.3) is 0 Å². The molecule has 2 aromatic carbocycles.